The molecule has 0 bridgehead atoms. The zero-order chi connectivity index (χ0) is 13.1. The number of aromatic carboxylic acids is 1. The predicted octanol–water partition coefficient (Wildman–Crippen LogP) is 2.72. The van der Waals surface area contributed by atoms with Gasteiger partial charge in [-0.15, -0.1) is 11.3 Å². The number of carbonyl (C=O) groups is 1. The van der Waals surface area contributed by atoms with Gasteiger partial charge in [0.1, 0.15) is 10.8 Å². The van der Waals surface area contributed by atoms with E-state index in [1.165, 1.54) is 18.3 Å². The average Bonchev–Trinajstić information content (AvgIpc) is 2.76. The van der Waals surface area contributed by atoms with Gasteiger partial charge in [0.15, 0.2) is 0 Å². The Morgan fingerprint density at radius 2 is 2.28 bits per heavy atom. The molecule has 2 N–H and O–H groups in total. The molecule has 18 heavy (non-hydrogen) atoms. The van der Waals surface area contributed by atoms with Crippen LogP contribution in [0.3, 0.4) is 0 Å². The summed E-state index contributed by atoms with van der Waals surface area (Å²) in [4.78, 5) is 20.4. The summed E-state index contributed by atoms with van der Waals surface area (Å²) in [5.41, 5.74) is 0.218. The molecular weight excluding hydrogens is 250 g/mol. The molecule has 0 saturated heterocycles. The van der Waals surface area contributed by atoms with Crippen LogP contribution < -0.4 is 5.32 Å². The Kier molecular flexibility index (Phi) is 3.57. The van der Waals surface area contributed by atoms with Crippen molar-refractivity contribution in [3.8, 4) is 0 Å². The summed E-state index contributed by atoms with van der Waals surface area (Å²) < 4.78 is 0. The second-order valence-corrected chi connectivity index (χ2v) is 5.18. The number of nitrogens with one attached hydrogen (secondary N) is 1. The highest BCUT2D eigenvalue weighted by molar-refractivity contribution is 7.11. The number of carboxylic acid groups (broad SMARTS) is 1. The summed E-state index contributed by atoms with van der Waals surface area (Å²) in [6.45, 7) is 3.96. The first-order valence-corrected chi connectivity index (χ1v) is 6.26. The number of thiazole rings is 1. The number of pyridine rings is 1. The SMILES string of the molecule is Cc1cnc(C(C)Nc2cc(C(=O)O)ccn2)s1. The van der Waals surface area contributed by atoms with Gasteiger partial charge < -0.3 is 10.4 Å². The van der Waals surface area contributed by atoms with E-state index in [1.54, 1.807) is 11.3 Å². The van der Waals surface area contributed by atoms with Crippen molar-refractivity contribution >= 4 is 23.1 Å². The summed E-state index contributed by atoms with van der Waals surface area (Å²) >= 11 is 1.61. The third kappa shape index (κ3) is 2.84. The van der Waals surface area contributed by atoms with Crippen LogP contribution >= 0.6 is 11.3 Å². The first kappa shape index (κ1) is 12.5. The van der Waals surface area contributed by atoms with Crippen molar-refractivity contribution in [2.45, 2.75) is 19.9 Å². The van der Waals surface area contributed by atoms with Crippen LogP contribution in [0.5, 0.6) is 0 Å². The van der Waals surface area contributed by atoms with Crippen LogP contribution in [0.4, 0.5) is 5.82 Å². The number of hydrogen-bond donors (Lipinski definition) is 2. The number of anilines is 1. The maximum atomic E-state index is 10.8. The maximum absolute atomic E-state index is 10.8. The zero-order valence-corrected chi connectivity index (χ0v) is 10.9. The van der Waals surface area contributed by atoms with Gasteiger partial charge in [-0.05, 0) is 26.0 Å². The van der Waals surface area contributed by atoms with Gasteiger partial charge in [0.2, 0.25) is 0 Å². The monoisotopic (exact) mass is 263 g/mol. The van der Waals surface area contributed by atoms with Gasteiger partial charge in [0.05, 0.1) is 11.6 Å². The molecule has 5 nitrogen and oxygen atoms in total. The molecule has 2 aromatic rings. The van der Waals surface area contributed by atoms with Crippen molar-refractivity contribution in [2.75, 3.05) is 5.32 Å². The van der Waals surface area contributed by atoms with E-state index in [0.717, 1.165) is 9.88 Å². The predicted molar refractivity (Wildman–Crippen MR) is 70.1 cm³/mol. The topological polar surface area (TPSA) is 75.1 Å². The van der Waals surface area contributed by atoms with E-state index in [1.807, 2.05) is 20.0 Å². The molecule has 2 aromatic heterocycles. The first-order valence-electron chi connectivity index (χ1n) is 5.44. The first-order chi connectivity index (χ1) is 8.56. The molecule has 1 atom stereocenters. The molecule has 94 valence electrons. The minimum Gasteiger partial charge on any atom is -0.478 e. The molecule has 0 radical (unpaired) electrons. The molecule has 0 aliphatic rings. The van der Waals surface area contributed by atoms with E-state index in [2.05, 4.69) is 15.3 Å². The number of carboxylic acids is 1. The van der Waals surface area contributed by atoms with E-state index in [0.29, 0.717) is 5.82 Å². The second-order valence-electron chi connectivity index (χ2n) is 3.91. The van der Waals surface area contributed by atoms with Gasteiger partial charge in [0, 0.05) is 17.3 Å². The number of hydrogen-bond acceptors (Lipinski definition) is 5. The quantitative estimate of drug-likeness (QED) is 0.887. The fourth-order valence-electron chi connectivity index (χ4n) is 1.50. The van der Waals surface area contributed by atoms with Crippen LogP contribution in [0.25, 0.3) is 0 Å². The highest BCUT2D eigenvalue weighted by Crippen LogP contribution is 2.22. The molecule has 2 rings (SSSR count). The molecule has 0 saturated carbocycles. The van der Waals surface area contributed by atoms with Crippen LogP contribution in [-0.2, 0) is 0 Å². The van der Waals surface area contributed by atoms with E-state index in [-0.39, 0.29) is 11.6 Å². The fraction of sp³-hybridized carbons (Fsp3) is 0.250. The fourth-order valence-corrected chi connectivity index (χ4v) is 2.27. The zero-order valence-electron chi connectivity index (χ0n) is 10.0. The summed E-state index contributed by atoms with van der Waals surface area (Å²) in [5.74, 6) is -0.423. The number of aromatic nitrogens is 2. The number of aryl methyl sites for hydroxylation is 1. The third-order valence-electron chi connectivity index (χ3n) is 2.38. The minimum absolute atomic E-state index is 0.000227. The molecule has 6 heteroatoms. The summed E-state index contributed by atoms with van der Waals surface area (Å²) in [5, 5.41) is 13.0. The lowest BCUT2D eigenvalue weighted by Crippen LogP contribution is -2.08. The van der Waals surface area contributed by atoms with Crippen molar-refractivity contribution in [1.29, 1.82) is 0 Å². The summed E-state index contributed by atoms with van der Waals surface area (Å²) in [6, 6.07) is 2.98. The lowest BCUT2D eigenvalue weighted by Gasteiger charge is -2.11. The normalized spacial score (nSPS) is 12.1. The third-order valence-corrected chi connectivity index (χ3v) is 3.48. The molecule has 0 aliphatic heterocycles. The molecule has 0 spiro atoms. The van der Waals surface area contributed by atoms with E-state index in [4.69, 9.17) is 5.11 Å². The van der Waals surface area contributed by atoms with Gasteiger partial charge in [-0.25, -0.2) is 14.8 Å². The Labute approximate surface area is 109 Å². The molecule has 2 heterocycles. The maximum Gasteiger partial charge on any atom is 0.335 e. The van der Waals surface area contributed by atoms with Crippen molar-refractivity contribution in [3.05, 3.63) is 40.0 Å². The highest BCUT2D eigenvalue weighted by atomic mass is 32.1. The number of rotatable bonds is 4. The summed E-state index contributed by atoms with van der Waals surface area (Å²) in [7, 11) is 0. The lowest BCUT2D eigenvalue weighted by atomic mass is 10.2. The van der Waals surface area contributed by atoms with Crippen molar-refractivity contribution < 1.29 is 9.90 Å². The van der Waals surface area contributed by atoms with Gasteiger partial charge >= 0.3 is 5.97 Å². The Balaban J connectivity index is 2.14. The van der Waals surface area contributed by atoms with Gasteiger partial charge in [-0.1, -0.05) is 0 Å². The molecule has 0 fully saturated rings. The molecule has 0 aliphatic carbocycles. The van der Waals surface area contributed by atoms with E-state index in [9.17, 15) is 4.79 Å². The van der Waals surface area contributed by atoms with Crippen LogP contribution in [0.1, 0.15) is 33.2 Å². The molecule has 0 aromatic carbocycles. The van der Waals surface area contributed by atoms with Crippen LogP contribution in [-0.4, -0.2) is 21.0 Å². The van der Waals surface area contributed by atoms with Crippen molar-refractivity contribution in [3.63, 3.8) is 0 Å². The Bertz CT molecular complexity index is 568. The lowest BCUT2D eigenvalue weighted by molar-refractivity contribution is 0.0697. The molecular formula is C12H13N3O2S. The average molecular weight is 263 g/mol. The van der Waals surface area contributed by atoms with Crippen LogP contribution in [0, 0.1) is 6.92 Å². The standard InChI is InChI=1S/C12H13N3O2S/c1-7-6-14-11(18-7)8(2)15-10-5-9(12(16)17)3-4-13-10/h3-6,8H,1-2H3,(H,13,15)(H,16,17). The largest absolute Gasteiger partial charge is 0.478 e. The number of nitrogens with zero attached hydrogens (tertiary/aromatic N) is 2. The van der Waals surface area contributed by atoms with Crippen LogP contribution in [0.2, 0.25) is 0 Å². The van der Waals surface area contributed by atoms with Crippen LogP contribution in [0.15, 0.2) is 24.5 Å². The molecule has 0 amide bonds. The summed E-state index contributed by atoms with van der Waals surface area (Å²) in [6.07, 6.45) is 3.30. The highest BCUT2D eigenvalue weighted by Gasteiger charge is 2.11. The second kappa shape index (κ2) is 5.14. The minimum atomic E-state index is -0.960. The Morgan fingerprint density at radius 3 is 2.89 bits per heavy atom. The Morgan fingerprint density at radius 1 is 1.50 bits per heavy atom. The van der Waals surface area contributed by atoms with Gasteiger partial charge in [-0.2, -0.15) is 0 Å². The van der Waals surface area contributed by atoms with Gasteiger partial charge in [-0.3, -0.25) is 0 Å². The van der Waals surface area contributed by atoms with E-state index < -0.39 is 5.97 Å². The van der Waals surface area contributed by atoms with E-state index >= 15 is 0 Å². The van der Waals surface area contributed by atoms with Crippen molar-refractivity contribution in [2.24, 2.45) is 0 Å². The van der Waals surface area contributed by atoms with Gasteiger partial charge in [0.25, 0.3) is 0 Å². The van der Waals surface area contributed by atoms with Crippen molar-refractivity contribution in [1.82, 2.24) is 9.97 Å². The smallest absolute Gasteiger partial charge is 0.335 e. The Hall–Kier alpha value is -1.95. The molecule has 1 unspecified atom stereocenters.